The Bertz CT molecular complexity index is 1400. The molecule has 3 rings (SSSR count). The molecule has 1 saturated carbocycles. The van der Waals surface area contributed by atoms with Gasteiger partial charge in [-0.15, -0.1) is 0 Å². The third kappa shape index (κ3) is 11.8. The van der Waals surface area contributed by atoms with E-state index in [2.05, 4.69) is 17.2 Å². The third-order valence-electron chi connectivity index (χ3n) is 7.56. The minimum Gasteiger partial charge on any atom is -0.458 e. The zero-order valence-corrected chi connectivity index (χ0v) is 29.8. The van der Waals surface area contributed by atoms with E-state index in [0.29, 0.717) is 24.2 Å². The number of nitrogens with zero attached hydrogens (tertiary/aromatic N) is 1. The Morgan fingerprint density at radius 1 is 0.957 bits per heavy atom. The molecule has 256 valence electrons. The van der Waals surface area contributed by atoms with E-state index in [9.17, 15) is 19.2 Å². The van der Waals surface area contributed by atoms with Gasteiger partial charge >= 0.3 is 12.1 Å². The van der Waals surface area contributed by atoms with Gasteiger partial charge in [-0.3, -0.25) is 9.59 Å². The van der Waals surface area contributed by atoms with Crippen LogP contribution in [-0.2, 0) is 30.3 Å². The number of amides is 3. The van der Waals surface area contributed by atoms with E-state index in [1.54, 1.807) is 70.3 Å². The Labute approximate surface area is 284 Å². The van der Waals surface area contributed by atoms with E-state index < -0.39 is 47.3 Å². The third-order valence-corrected chi connectivity index (χ3v) is 8.20. The molecule has 0 aromatic heterocycles. The summed E-state index contributed by atoms with van der Waals surface area (Å²) < 4.78 is 11.2. The summed E-state index contributed by atoms with van der Waals surface area (Å²) in [5, 5.41) is 5.75. The van der Waals surface area contributed by atoms with E-state index in [1.807, 2.05) is 61.7 Å². The van der Waals surface area contributed by atoms with Crippen molar-refractivity contribution >= 4 is 41.7 Å². The minimum absolute atomic E-state index is 0.130. The zero-order chi connectivity index (χ0) is 34.9. The highest BCUT2D eigenvalue weighted by atomic mass is 32.2. The molecule has 3 amide bonds. The summed E-state index contributed by atoms with van der Waals surface area (Å²) in [5.41, 5.74) is 0.644. The number of thioether (sulfide) groups is 1. The van der Waals surface area contributed by atoms with Crippen LogP contribution in [0.3, 0.4) is 0 Å². The molecule has 2 aromatic carbocycles. The fourth-order valence-electron chi connectivity index (χ4n) is 5.26. The van der Waals surface area contributed by atoms with Gasteiger partial charge in [0.1, 0.15) is 29.3 Å². The highest BCUT2D eigenvalue weighted by molar-refractivity contribution is 7.98. The van der Waals surface area contributed by atoms with Gasteiger partial charge in [-0.2, -0.15) is 11.8 Å². The van der Waals surface area contributed by atoms with Crippen molar-refractivity contribution in [2.75, 3.05) is 12.0 Å². The second kappa shape index (κ2) is 16.4. The van der Waals surface area contributed by atoms with Crippen molar-refractivity contribution in [2.24, 2.45) is 5.92 Å². The topological polar surface area (TPSA) is 114 Å². The van der Waals surface area contributed by atoms with Gasteiger partial charge in [-0.25, -0.2) is 9.59 Å². The number of alkyl carbamates (subject to hydrolysis) is 1. The first kappa shape index (κ1) is 37.7. The predicted octanol–water partition coefficient (Wildman–Crippen LogP) is 6.32. The lowest BCUT2D eigenvalue weighted by atomic mass is 9.98. The number of carbonyl (C=O) groups is 4. The van der Waals surface area contributed by atoms with Crippen LogP contribution in [-0.4, -0.2) is 70.1 Å². The monoisotopic (exact) mass is 665 g/mol. The molecule has 9 nitrogen and oxygen atoms in total. The lowest BCUT2D eigenvalue weighted by Crippen LogP contribution is -2.56. The molecule has 0 heterocycles. The van der Waals surface area contributed by atoms with Gasteiger partial charge in [0.2, 0.25) is 11.8 Å². The van der Waals surface area contributed by atoms with E-state index in [4.69, 9.17) is 9.47 Å². The van der Waals surface area contributed by atoms with Crippen molar-refractivity contribution in [3.63, 3.8) is 0 Å². The Hall–Kier alpha value is -3.79. The maximum absolute atomic E-state index is 14.6. The number of hydrogen-bond donors (Lipinski definition) is 2. The summed E-state index contributed by atoms with van der Waals surface area (Å²) >= 11 is 1.55. The van der Waals surface area contributed by atoms with Crippen LogP contribution < -0.4 is 10.6 Å². The van der Waals surface area contributed by atoms with E-state index in [1.165, 1.54) is 0 Å². The Morgan fingerprint density at radius 2 is 1.60 bits per heavy atom. The lowest BCUT2D eigenvalue weighted by Gasteiger charge is -2.36. The van der Waals surface area contributed by atoms with Crippen molar-refractivity contribution in [3.8, 4) is 0 Å². The molecule has 5 atom stereocenters. The average molecular weight is 666 g/mol. The number of nitrogens with one attached hydrogen (secondary N) is 2. The Balaban J connectivity index is 2.08. The highest BCUT2D eigenvalue weighted by Gasteiger charge is 2.48. The van der Waals surface area contributed by atoms with Crippen LogP contribution in [0.2, 0.25) is 0 Å². The first-order valence-electron chi connectivity index (χ1n) is 16.1. The van der Waals surface area contributed by atoms with Crippen LogP contribution in [0.4, 0.5) is 4.79 Å². The first-order valence-corrected chi connectivity index (χ1v) is 17.5. The zero-order valence-electron chi connectivity index (χ0n) is 29.0. The smallest absolute Gasteiger partial charge is 0.408 e. The molecule has 0 spiro atoms. The first-order chi connectivity index (χ1) is 22.0. The molecule has 0 saturated heterocycles. The van der Waals surface area contributed by atoms with Crippen LogP contribution in [0.25, 0.3) is 6.08 Å². The van der Waals surface area contributed by atoms with Gasteiger partial charge in [0.25, 0.3) is 0 Å². The van der Waals surface area contributed by atoms with E-state index in [0.717, 1.165) is 11.1 Å². The number of ether oxygens (including phenoxy) is 2. The van der Waals surface area contributed by atoms with Crippen LogP contribution in [0.1, 0.15) is 84.0 Å². The molecule has 10 heteroatoms. The fourth-order valence-corrected chi connectivity index (χ4v) is 5.73. The fraction of sp³-hybridized carbons (Fsp3) is 0.514. The molecule has 1 aliphatic rings. The molecule has 5 unspecified atom stereocenters. The largest absolute Gasteiger partial charge is 0.458 e. The SMILES string of the molecule is C=Cc1cccc(C(C(=O)NC(Cc2ccccc2)C(=O)OC(C)(C)C)N(C(=O)C(CCSC)NC(=O)OC(C)(C)C)C2CC2C)c1. The van der Waals surface area contributed by atoms with Crippen LogP contribution in [0.5, 0.6) is 0 Å². The van der Waals surface area contributed by atoms with E-state index >= 15 is 0 Å². The van der Waals surface area contributed by atoms with Gasteiger partial charge in [0.15, 0.2) is 0 Å². The van der Waals surface area contributed by atoms with Crippen LogP contribution in [0, 0.1) is 5.92 Å². The summed E-state index contributed by atoms with van der Waals surface area (Å²) in [4.78, 5) is 57.2. The van der Waals surface area contributed by atoms with Crippen LogP contribution in [0.15, 0.2) is 61.2 Å². The van der Waals surface area contributed by atoms with Crippen LogP contribution >= 0.6 is 11.8 Å². The number of esters is 1. The molecule has 0 aliphatic heterocycles. The standard InChI is InChI=1S/C37H51N3O6S/c1-10-25-17-14-18-27(22-25)31(32(41)38-29(34(43)45-36(3,4)5)23-26-15-12-11-13-16-26)40(30-21-24(30)2)33(42)28(19-20-47-9)39-35(44)46-37(6,7)8/h10-18,22,24,28-31H,1,19-21,23H2,2-9H3,(H,38,41)(H,39,44). The summed E-state index contributed by atoms with van der Waals surface area (Å²) in [6, 6.07) is 13.4. The summed E-state index contributed by atoms with van der Waals surface area (Å²) in [7, 11) is 0. The normalized spacial score (nSPS) is 17.8. The second-order valence-corrected chi connectivity index (χ2v) is 15.1. The van der Waals surface area contributed by atoms with Crippen molar-refractivity contribution in [1.82, 2.24) is 15.5 Å². The summed E-state index contributed by atoms with van der Waals surface area (Å²) in [6.07, 6.45) is 4.13. The highest BCUT2D eigenvalue weighted by Crippen LogP contribution is 2.41. The van der Waals surface area contributed by atoms with Gasteiger partial charge < -0.3 is 25.0 Å². The molecule has 2 N–H and O–H groups in total. The second-order valence-electron chi connectivity index (χ2n) is 14.1. The van der Waals surface area contributed by atoms with Crippen molar-refractivity contribution in [3.05, 3.63) is 77.9 Å². The van der Waals surface area contributed by atoms with Gasteiger partial charge in [0, 0.05) is 12.5 Å². The maximum atomic E-state index is 14.6. The quantitative estimate of drug-likeness (QED) is 0.227. The molecule has 2 aromatic rings. The Kier molecular flexibility index (Phi) is 13.1. The average Bonchev–Trinajstić information content (AvgIpc) is 3.71. The number of carbonyl (C=O) groups excluding carboxylic acids is 4. The van der Waals surface area contributed by atoms with Crippen molar-refractivity contribution < 1.29 is 28.7 Å². The number of hydrogen-bond acceptors (Lipinski definition) is 7. The maximum Gasteiger partial charge on any atom is 0.408 e. The summed E-state index contributed by atoms with van der Waals surface area (Å²) in [6.45, 7) is 16.5. The predicted molar refractivity (Wildman–Crippen MR) is 188 cm³/mol. The molecule has 0 radical (unpaired) electrons. The van der Waals surface area contributed by atoms with Crippen molar-refractivity contribution in [1.29, 1.82) is 0 Å². The molecule has 1 fully saturated rings. The number of rotatable bonds is 14. The number of benzene rings is 2. The Morgan fingerprint density at radius 3 is 2.15 bits per heavy atom. The van der Waals surface area contributed by atoms with Gasteiger partial charge in [0.05, 0.1) is 0 Å². The van der Waals surface area contributed by atoms with Gasteiger partial charge in [-0.1, -0.05) is 68.1 Å². The van der Waals surface area contributed by atoms with Gasteiger partial charge in [-0.05, 0) is 95.1 Å². The van der Waals surface area contributed by atoms with E-state index in [-0.39, 0.29) is 24.3 Å². The van der Waals surface area contributed by atoms with Crippen molar-refractivity contribution in [2.45, 2.75) is 103 Å². The molecule has 0 bridgehead atoms. The lowest BCUT2D eigenvalue weighted by molar-refractivity contribution is -0.159. The summed E-state index contributed by atoms with van der Waals surface area (Å²) in [5.74, 6) is -0.756. The molecule has 47 heavy (non-hydrogen) atoms. The minimum atomic E-state index is -1.10. The molecular weight excluding hydrogens is 614 g/mol. The molecule has 1 aliphatic carbocycles. The molecular formula is C37H51N3O6S.